The fraction of sp³-hybridized carbons (Fsp3) is 0.188. The second-order valence-electron chi connectivity index (χ2n) is 4.72. The van der Waals surface area contributed by atoms with E-state index in [2.05, 4.69) is 10.6 Å². The standard InChI is InChI=1S/C16H16Cl2N2O/c1-11(12-5-3-2-4-6-12)19-10-16(21)20-15-8-13(17)7-14(18)9-15/h2-9,11,19H,10H2,1H3,(H,20,21)/t11-/m1/s1. The van der Waals surface area contributed by atoms with Gasteiger partial charge in [0.1, 0.15) is 0 Å². The van der Waals surface area contributed by atoms with Crippen LogP contribution in [0.4, 0.5) is 5.69 Å². The summed E-state index contributed by atoms with van der Waals surface area (Å²) in [5, 5.41) is 6.91. The zero-order chi connectivity index (χ0) is 15.2. The van der Waals surface area contributed by atoms with Crippen LogP contribution in [-0.4, -0.2) is 12.5 Å². The van der Waals surface area contributed by atoms with Gasteiger partial charge >= 0.3 is 0 Å². The van der Waals surface area contributed by atoms with Crippen LogP contribution in [0.25, 0.3) is 0 Å². The number of hydrogen-bond acceptors (Lipinski definition) is 2. The maximum atomic E-state index is 11.9. The normalized spacial score (nSPS) is 12.0. The van der Waals surface area contributed by atoms with E-state index in [0.29, 0.717) is 15.7 Å². The molecule has 0 spiro atoms. The largest absolute Gasteiger partial charge is 0.325 e. The molecule has 5 heteroatoms. The monoisotopic (exact) mass is 322 g/mol. The number of rotatable bonds is 5. The molecule has 0 heterocycles. The summed E-state index contributed by atoms with van der Waals surface area (Å²) >= 11 is 11.8. The zero-order valence-electron chi connectivity index (χ0n) is 11.6. The van der Waals surface area contributed by atoms with Crippen molar-refractivity contribution in [1.82, 2.24) is 5.32 Å². The molecule has 0 unspecified atom stereocenters. The molecule has 0 aliphatic carbocycles. The van der Waals surface area contributed by atoms with Crippen LogP contribution in [0.2, 0.25) is 10.0 Å². The summed E-state index contributed by atoms with van der Waals surface area (Å²) in [5.41, 5.74) is 1.72. The summed E-state index contributed by atoms with van der Waals surface area (Å²) in [4.78, 5) is 11.9. The molecule has 0 radical (unpaired) electrons. The number of carbonyl (C=O) groups excluding carboxylic acids is 1. The van der Waals surface area contributed by atoms with Gasteiger partial charge in [-0.3, -0.25) is 4.79 Å². The zero-order valence-corrected chi connectivity index (χ0v) is 13.1. The van der Waals surface area contributed by atoms with Crippen LogP contribution in [0.15, 0.2) is 48.5 Å². The highest BCUT2D eigenvalue weighted by molar-refractivity contribution is 6.35. The third-order valence-corrected chi connectivity index (χ3v) is 3.45. The van der Waals surface area contributed by atoms with E-state index in [1.165, 1.54) is 0 Å². The average molecular weight is 323 g/mol. The quantitative estimate of drug-likeness (QED) is 0.862. The summed E-state index contributed by atoms with van der Waals surface area (Å²) < 4.78 is 0. The Bertz CT molecular complexity index is 597. The maximum absolute atomic E-state index is 11.9. The summed E-state index contributed by atoms with van der Waals surface area (Å²) in [6.07, 6.45) is 0. The summed E-state index contributed by atoms with van der Waals surface area (Å²) in [5.74, 6) is -0.142. The third kappa shape index (κ3) is 5.05. The molecular weight excluding hydrogens is 307 g/mol. The Morgan fingerprint density at radius 3 is 2.33 bits per heavy atom. The van der Waals surface area contributed by atoms with Gasteiger partial charge in [0.25, 0.3) is 0 Å². The smallest absolute Gasteiger partial charge is 0.238 e. The Morgan fingerprint density at radius 1 is 1.10 bits per heavy atom. The Morgan fingerprint density at radius 2 is 1.71 bits per heavy atom. The van der Waals surface area contributed by atoms with Gasteiger partial charge in [-0.2, -0.15) is 0 Å². The molecule has 0 fully saturated rings. The molecule has 0 bridgehead atoms. The number of anilines is 1. The molecule has 0 aliphatic rings. The predicted molar refractivity (Wildman–Crippen MR) is 88.0 cm³/mol. The van der Waals surface area contributed by atoms with Crippen molar-refractivity contribution in [3.05, 3.63) is 64.1 Å². The van der Waals surface area contributed by atoms with E-state index in [4.69, 9.17) is 23.2 Å². The van der Waals surface area contributed by atoms with E-state index in [1.807, 2.05) is 37.3 Å². The molecule has 2 rings (SSSR count). The first kappa shape index (κ1) is 15.8. The molecule has 3 nitrogen and oxygen atoms in total. The molecule has 1 amide bonds. The second kappa shape index (κ2) is 7.46. The lowest BCUT2D eigenvalue weighted by Gasteiger charge is -2.14. The highest BCUT2D eigenvalue weighted by atomic mass is 35.5. The number of amides is 1. The van der Waals surface area contributed by atoms with Crippen molar-refractivity contribution >= 4 is 34.8 Å². The molecular formula is C16H16Cl2N2O. The van der Waals surface area contributed by atoms with E-state index in [9.17, 15) is 4.79 Å². The first-order valence-electron chi connectivity index (χ1n) is 6.59. The minimum absolute atomic E-state index is 0.0971. The molecule has 2 aromatic carbocycles. The van der Waals surface area contributed by atoms with Gasteiger partial charge in [-0.15, -0.1) is 0 Å². The molecule has 21 heavy (non-hydrogen) atoms. The van der Waals surface area contributed by atoms with Gasteiger partial charge in [-0.25, -0.2) is 0 Å². The average Bonchev–Trinajstić information content (AvgIpc) is 2.44. The number of carbonyl (C=O) groups is 1. The van der Waals surface area contributed by atoms with E-state index in [-0.39, 0.29) is 18.5 Å². The number of benzene rings is 2. The fourth-order valence-electron chi connectivity index (χ4n) is 1.94. The lowest BCUT2D eigenvalue weighted by molar-refractivity contribution is -0.115. The molecule has 1 atom stereocenters. The van der Waals surface area contributed by atoms with Crippen LogP contribution in [0.1, 0.15) is 18.5 Å². The summed E-state index contributed by atoms with van der Waals surface area (Å²) in [6, 6.07) is 15.0. The van der Waals surface area contributed by atoms with E-state index in [0.717, 1.165) is 5.56 Å². The highest BCUT2D eigenvalue weighted by Gasteiger charge is 2.08. The number of halogens is 2. The van der Waals surface area contributed by atoms with Gasteiger partial charge in [0, 0.05) is 21.8 Å². The highest BCUT2D eigenvalue weighted by Crippen LogP contribution is 2.22. The lowest BCUT2D eigenvalue weighted by atomic mass is 10.1. The topological polar surface area (TPSA) is 41.1 Å². The number of nitrogens with one attached hydrogen (secondary N) is 2. The van der Waals surface area contributed by atoms with Crippen LogP contribution in [-0.2, 0) is 4.79 Å². The van der Waals surface area contributed by atoms with Crippen molar-refractivity contribution < 1.29 is 4.79 Å². The Hall–Kier alpha value is -1.55. The van der Waals surface area contributed by atoms with E-state index >= 15 is 0 Å². The van der Waals surface area contributed by atoms with Crippen LogP contribution in [0, 0.1) is 0 Å². The van der Waals surface area contributed by atoms with Crippen LogP contribution in [0.5, 0.6) is 0 Å². The van der Waals surface area contributed by atoms with E-state index < -0.39 is 0 Å². The van der Waals surface area contributed by atoms with Gasteiger partial charge in [0.05, 0.1) is 6.54 Å². The molecule has 0 saturated heterocycles. The lowest BCUT2D eigenvalue weighted by Crippen LogP contribution is -2.30. The molecule has 0 aromatic heterocycles. The fourth-order valence-corrected chi connectivity index (χ4v) is 2.46. The maximum Gasteiger partial charge on any atom is 0.238 e. The first-order chi connectivity index (χ1) is 10.0. The minimum atomic E-state index is -0.142. The first-order valence-corrected chi connectivity index (χ1v) is 7.34. The van der Waals surface area contributed by atoms with Crippen LogP contribution >= 0.6 is 23.2 Å². The molecule has 110 valence electrons. The van der Waals surface area contributed by atoms with Crippen molar-refractivity contribution in [2.24, 2.45) is 0 Å². The Balaban J connectivity index is 1.87. The Labute approximate surface area is 134 Å². The second-order valence-corrected chi connectivity index (χ2v) is 5.59. The van der Waals surface area contributed by atoms with Crippen molar-refractivity contribution in [3.8, 4) is 0 Å². The Kier molecular flexibility index (Phi) is 5.62. The van der Waals surface area contributed by atoms with Gasteiger partial charge in [0.15, 0.2) is 0 Å². The van der Waals surface area contributed by atoms with Crippen LogP contribution in [0.3, 0.4) is 0 Å². The van der Waals surface area contributed by atoms with Gasteiger partial charge < -0.3 is 10.6 Å². The molecule has 0 aliphatic heterocycles. The summed E-state index contributed by atoms with van der Waals surface area (Å²) in [7, 11) is 0. The molecule has 0 saturated carbocycles. The van der Waals surface area contributed by atoms with Crippen LogP contribution < -0.4 is 10.6 Å². The van der Waals surface area contributed by atoms with Gasteiger partial charge in [-0.05, 0) is 30.7 Å². The van der Waals surface area contributed by atoms with Crippen molar-refractivity contribution in [2.75, 3.05) is 11.9 Å². The predicted octanol–water partition coefficient (Wildman–Crippen LogP) is 4.28. The van der Waals surface area contributed by atoms with E-state index in [1.54, 1.807) is 18.2 Å². The number of hydrogen-bond donors (Lipinski definition) is 2. The molecule has 2 aromatic rings. The van der Waals surface area contributed by atoms with Gasteiger partial charge in [-0.1, -0.05) is 53.5 Å². The van der Waals surface area contributed by atoms with Crippen molar-refractivity contribution in [2.45, 2.75) is 13.0 Å². The summed E-state index contributed by atoms with van der Waals surface area (Å²) in [6.45, 7) is 2.22. The molecule has 2 N–H and O–H groups in total. The van der Waals surface area contributed by atoms with Crippen molar-refractivity contribution in [3.63, 3.8) is 0 Å². The van der Waals surface area contributed by atoms with Crippen molar-refractivity contribution in [1.29, 1.82) is 0 Å². The van der Waals surface area contributed by atoms with Gasteiger partial charge in [0.2, 0.25) is 5.91 Å². The SMILES string of the molecule is C[C@@H](NCC(=O)Nc1cc(Cl)cc(Cl)c1)c1ccccc1. The third-order valence-electron chi connectivity index (χ3n) is 3.01. The minimum Gasteiger partial charge on any atom is -0.325 e.